The third-order valence-corrected chi connectivity index (χ3v) is 3.95. The summed E-state index contributed by atoms with van der Waals surface area (Å²) in [6.07, 6.45) is 3.19. The second-order valence-corrected chi connectivity index (χ2v) is 6.01. The number of benzene rings is 1. The van der Waals surface area contributed by atoms with Crippen LogP contribution < -0.4 is 14.8 Å². The Morgan fingerprint density at radius 2 is 1.90 bits per heavy atom. The zero-order valence-electron chi connectivity index (χ0n) is 15.4. The van der Waals surface area contributed by atoms with Crippen LogP contribution in [0, 0.1) is 0 Å². The van der Waals surface area contributed by atoms with Crippen LogP contribution in [0.25, 0.3) is 17.0 Å². The Morgan fingerprint density at radius 1 is 1.00 bits per heavy atom. The van der Waals surface area contributed by atoms with Crippen molar-refractivity contribution in [2.24, 2.45) is 0 Å². The van der Waals surface area contributed by atoms with Gasteiger partial charge in [-0.1, -0.05) is 30.3 Å². The van der Waals surface area contributed by atoms with Crippen molar-refractivity contribution in [1.29, 1.82) is 0 Å². The van der Waals surface area contributed by atoms with Crippen molar-refractivity contribution in [1.82, 2.24) is 30.1 Å². The molecule has 0 spiro atoms. The molecule has 0 aliphatic rings. The summed E-state index contributed by atoms with van der Waals surface area (Å²) in [5.74, 6) is 1.34. The number of carbonyl (C=O) groups excluding carboxylic acids is 1. The van der Waals surface area contributed by atoms with E-state index in [-0.39, 0.29) is 19.1 Å². The normalized spacial score (nSPS) is 10.6. The molecule has 0 aliphatic carbocycles. The molecule has 1 aromatic carbocycles. The van der Waals surface area contributed by atoms with E-state index in [4.69, 9.17) is 9.47 Å². The van der Waals surface area contributed by atoms with E-state index < -0.39 is 0 Å². The average Bonchev–Trinajstić information content (AvgIpc) is 3.20. The van der Waals surface area contributed by atoms with E-state index in [9.17, 15) is 4.79 Å². The van der Waals surface area contributed by atoms with Crippen LogP contribution in [0.5, 0.6) is 11.6 Å². The minimum atomic E-state index is -0.244. The summed E-state index contributed by atoms with van der Waals surface area (Å²) in [7, 11) is 0. The molecular formula is C20H18N6O3. The molecule has 0 saturated carbocycles. The Balaban J connectivity index is 1.29. The first-order valence-corrected chi connectivity index (χ1v) is 9.00. The average molecular weight is 390 g/mol. The molecule has 0 unspecified atom stereocenters. The smallest absolute Gasteiger partial charge is 0.258 e. The van der Waals surface area contributed by atoms with Crippen molar-refractivity contribution in [3.05, 3.63) is 67.0 Å². The number of amides is 1. The SMILES string of the molecule is O=C(COc1cccnc1)NCCOc1ccc2nnc(-c3ccccc3)n2n1. The maximum atomic E-state index is 11.8. The van der Waals surface area contributed by atoms with E-state index in [0.717, 1.165) is 5.56 Å². The minimum absolute atomic E-state index is 0.0863. The first-order chi connectivity index (χ1) is 14.3. The van der Waals surface area contributed by atoms with E-state index in [1.54, 1.807) is 41.2 Å². The van der Waals surface area contributed by atoms with Gasteiger partial charge in [0.1, 0.15) is 12.4 Å². The van der Waals surface area contributed by atoms with Crippen LogP contribution in [0.3, 0.4) is 0 Å². The highest BCUT2D eigenvalue weighted by Gasteiger charge is 2.10. The van der Waals surface area contributed by atoms with Crippen molar-refractivity contribution < 1.29 is 14.3 Å². The van der Waals surface area contributed by atoms with Gasteiger partial charge in [0.25, 0.3) is 5.91 Å². The number of hydrogen-bond acceptors (Lipinski definition) is 7. The fourth-order valence-corrected chi connectivity index (χ4v) is 2.59. The number of aromatic nitrogens is 5. The summed E-state index contributed by atoms with van der Waals surface area (Å²) in [5, 5.41) is 15.5. The molecule has 1 amide bonds. The van der Waals surface area contributed by atoms with Crippen LogP contribution >= 0.6 is 0 Å². The number of hydrogen-bond donors (Lipinski definition) is 1. The lowest BCUT2D eigenvalue weighted by Crippen LogP contribution is -2.32. The molecule has 0 atom stereocenters. The number of ether oxygens (including phenoxy) is 2. The quantitative estimate of drug-likeness (QED) is 0.457. The molecule has 9 heteroatoms. The lowest BCUT2D eigenvalue weighted by atomic mass is 10.2. The first kappa shape index (κ1) is 18.4. The molecule has 4 rings (SSSR count). The second kappa shape index (κ2) is 8.79. The Kier molecular flexibility index (Phi) is 5.56. The fraction of sp³-hybridized carbons (Fsp3) is 0.150. The Morgan fingerprint density at radius 3 is 2.72 bits per heavy atom. The van der Waals surface area contributed by atoms with E-state index >= 15 is 0 Å². The summed E-state index contributed by atoms with van der Waals surface area (Å²) in [6.45, 7) is 0.500. The van der Waals surface area contributed by atoms with E-state index in [1.807, 2.05) is 30.3 Å². The highest BCUT2D eigenvalue weighted by atomic mass is 16.5. The van der Waals surface area contributed by atoms with Crippen molar-refractivity contribution in [2.75, 3.05) is 19.8 Å². The maximum Gasteiger partial charge on any atom is 0.258 e. The molecule has 3 heterocycles. The highest BCUT2D eigenvalue weighted by Crippen LogP contribution is 2.18. The summed E-state index contributed by atoms with van der Waals surface area (Å²) in [5.41, 5.74) is 1.53. The van der Waals surface area contributed by atoms with Crippen molar-refractivity contribution in [3.63, 3.8) is 0 Å². The number of fused-ring (bicyclic) bond motifs is 1. The number of carbonyl (C=O) groups is 1. The van der Waals surface area contributed by atoms with Crippen molar-refractivity contribution >= 4 is 11.6 Å². The number of nitrogens with zero attached hydrogens (tertiary/aromatic N) is 5. The van der Waals surface area contributed by atoms with Gasteiger partial charge in [-0.2, -0.15) is 4.52 Å². The zero-order chi connectivity index (χ0) is 19.9. The third-order valence-electron chi connectivity index (χ3n) is 3.95. The van der Waals surface area contributed by atoms with Crippen LogP contribution in [-0.4, -0.2) is 50.5 Å². The largest absolute Gasteiger partial charge is 0.482 e. The number of nitrogens with one attached hydrogen (secondary N) is 1. The van der Waals surface area contributed by atoms with Gasteiger partial charge < -0.3 is 14.8 Å². The number of pyridine rings is 1. The monoisotopic (exact) mass is 390 g/mol. The van der Waals surface area contributed by atoms with Gasteiger partial charge >= 0.3 is 0 Å². The predicted octanol–water partition coefficient (Wildman–Crippen LogP) is 1.76. The van der Waals surface area contributed by atoms with Crippen LogP contribution in [0.4, 0.5) is 0 Å². The molecule has 146 valence electrons. The fourth-order valence-electron chi connectivity index (χ4n) is 2.59. The minimum Gasteiger partial charge on any atom is -0.482 e. The zero-order valence-corrected chi connectivity index (χ0v) is 15.4. The molecule has 0 radical (unpaired) electrons. The summed E-state index contributed by atoms with van der Waals surface area (Å²) in [4.78, 5) is 15.7. The molecule has 0 aliphatic heterocycles. The van der Waals surface area contributed by atoms with Gasteiger partial charge in [-0.15, -0.1) is 15.3 Å². The van der Waals surface area contributed by atoms with E-state index in [0.29, 0.717) is 29.6 Å². The molecule has 0 saturated heterocycles. The number of rotatable bonds is 8. The van der Waals surface area contributed by atoms with Gasteiger partial charge in [0.05, 0.1) is 12.7 Å². The molecule has 0 fully saturated rings. The van der Waals surface area contributed by atoms with Crippen molar-refractivity contribution in [3.8, 4) is 23.0 Å². The Hall–Kier alpha value is -4.01. The molecule has 9 nitrogen and oxygen atoms in total. The molecule has 4 aromatic rings. The highest BCUT2D eigenvalue weighted by molar-refractivity contribution is 5.77. The molecule has 3 aromatic heterocycles. The summed E-state index contributed by atoms with van der Waals surface area (Å²) >= 11 is 0. The maximum absolute atomic E-state index is 11.8. The molecule has 1 N–H and O–H groups in total. The van der Waals surface area contributed by atoms with Gasteiger partial charge in [0, 0.05) is 17.8 Å². The first-order valence-electron chi connectivity index (χ1n) is 9.00. The predicted molar refractivity (Wildman–Crippen MR) is 104 cm³/mol. The second-order valence-electron chi connectivity index (χ2n) is 6.01. The third kappa shape index (κ3) is 4.64. The Labute approximate surface area is 166 Å². The molecular weight excluding hydrogens is 372 g/mol. The topological polar surface area (TPSA) is 104 Å². The van der Waals surface area contributed by atoms with Gasteiger partial charge in [-0.05, 0) is 18.2 Å². The van der Waals surface area contributed by atoms with Crippen LogP contribution in [-0.2, 0) is 4.79 Å². The van der Waals surface area contributed by atoms with Gasteiger partial charge in [-0.25, -0.2) is 0 Å². The van der Waals surface area contributed by atoms with Crippen LogP contribution in [0.1, 0.15) is 0 Å². The van der Waals surface area contributed by atoms with Crippen LogP contribution in [0.2, 0.25) is 0 Å². The van der Waals surface area contributed by atoms with E-state index in [1.165, 1.54) is 0 Å². The van der Waals surface area contributed by atoms with Gasteiger partial charge in [0.15, 0.2) is 18.1 Å². The summed E-state index contributed by atoms with van der Waals surface area (Å²) < 4.78 is 12.6. The standard InChI is InChI=1S/C20H18N6O3/c27-18(14-29-16-7-4-10-21-13-16)22-11-12-28-19-9-8-17-23-24-20(26(17)25-19)15-5-2-1-3-6-15/h1-10,13H,11-12,14H2,(H,22,27). The Bertz CT molecular complexity index is 1090. The van der Waals surface area contributed by atoms with E-state index in [2.05, 4.69) is 25.6 Å². The van der Waals surface area contributed by atoms with Gasteiger partial charge in [0.2, 0.25) is 5.88 Å². The van der Waals surface area contributed by atoms with Crippen molar-refractivity contribution in [2.45, 2.75) is 0 Å². The molecule has 29 heavy (non-hydrogen) atoms. The van der Waals surface area contributed by atoms with Crippen LogP contribution in [0.15, 0.2) is 67.0 Å². The molecule has 0 bridgehead atoms. The summed E-state index contributed by atoms with van der Waals surface area (Å²) in [6, 6.07) is 16.6. The van der Waals surface area contributed by atoms with Gasteiger partial charge in [-0.3, -0.25) is 9.78 Å². The lowest BCUT2D eigenvalue weighted by molar-refractivity contribution is -0.123. The lowest BCUT2D eigenvalue weighted by Gasteiger charge is -2.08.